The molecule has 2 heterocycles. The number of anilines is 1. The van der Waals surface area contributed by atoms with Crippen LogP contribution < -0.4 is 10.0 Å². The molecule has 0 bridgehead atoms. The number of thiophene rings is 1. The zero-order valence-electron chi connectivity index (χ0n) is 12.9. The lowest BCUT2D eigenvalue weighted by atomic mass is 10.1. The van der Waals surface area contributed by atoms with Crippen LogP contribution >= 0.6 is 11.3 Å². The van der Waals surface area contributed by atoms with E-state index >= 15 is 0 Å². The second-order valence-corrected chi connectivity index (χ2v) is 8.29. The number of nitrogens with one attached hydrogen (secondary N) is 2. The molecular weight excluding hydrogens is 348 g/mol. The lowest BCUT2D eigenvalue weighted by Gasteiger charge is -2.14. The molecule has 2 N–H and O–H groups in total. The third-order valence-corrected chi connectivity index (χ3v) is 6.45. The summed E-state index contributed by atoms with van der Waals surface area (Å²) in [5, 5.41) is 4.49. The number of hydrogen-bond acceptors (Lipinski definition) is 5. The Labute approximate surface area is 144 Å². The van der Waals surface area contributed by atoms with Gasteiger partial charge in [-0.25, -0.2) is 8.42 Å². The van der Waals surface area contributed by atoms with Crippen molar-refractivity contribution in [3.05, 3.63) is 47.3 Å². The molecule has 8 heteroatoms. The van der Waals surface area contributed by atoms with E-state index in [1.165, 1.54) is 6.07 Å². The van der Waals surface area contributed by atoms with Gasteiger partial charge in [0.05, 0.1) is 17.4 Å². The van der Waals surface area contributed by atoms with Crippen LogP contribution in [0.25, 0.3) is 0 Å². The van der Waals surface area contributed by atoms with E-state index in [0.717, 1.165) is 30.8 Å². The number of amides is 1. The Kier molecular flexibility index (Phi) is 5.17. The summed E-state index contributed by atoms with van der Waals surface area (Å²) in [4.78, 5) is 12.4. The van der Waals surface area contributed by atoms with E-state index in [1.807, 2.05) is 0 Å². The number of benzene rings is 1. The zero-order valence-corrected chi connectivity index (χ0v) is 14.5. The second-order valence-electron chi connectivity index (χ2n) is 5.43. The molecule has 1 atom stereocenters. The topological polar surface area (TPSA) is 84.5 Å². The summed E-state index contributed by atoms with van der Waals surface area (Å²) < 4.78 is 32.9. The van der Waals surface area contributed by atoms with Gasteiger partial charge in [0, 0.05) is 13.2 Å². The summed E-state index contributed by atoms with van der Waals surface area (Å²) >= 11 is 1.12. The first-order valence-electron chi connectivity index (χ1n) is 7.61. The molecule has 1 aromatic carbocycles. The van der Waals surface area contributed by atoms with E-state index in [2.05, 4.69) is 10.0 Å². The van der Waals surface area contributed by atoms with Gasteiger partial charge >= 0.3 is 0 Å². The normalized spacial score (nSPS) is 17.6. The fraction of sp³-hybridized carbons (Fsp3) is 0.312. The first kappa shape index (κ1) is 16.9. The number of rotatable bonds is 6. The van der Waals surface area contributed by atoms with E-state index in [9.17, 15) is 13.2 Å². The van der Waals surface area contributed by atoms with Crippen LogP contribution in [-0.4, -0.2) is 33.6 Å². The summed E-state index contributed by atoms with van der Waals surface area (Å²) in [7, 11) is -3.69. The summed E-state index contributed by atoms with van der Waals surface area (Å²) in [5.41, 5.74) is 0.548. The van der Waals surface area contributed by atoms with Crippen LogP contribution in [0.3, 0.4) is 0 Å². The van der Waals surface area contributed by atoms with Crippen LogP contribution in [0.1, 0.15) is 23.2 Å². The average molecular weight is 366 g/mol. The molecular formula is C16H18N2O4S2. The molecule has 1 fully saturated rings. The van der Waals surface area contributed by atoms with Crippen molar-refractivity contribution < 1.29 is 17.9 Å². The number of hydrogen-bond donors (Lipinski definition) is 2. The van der Waals surface area contributed by atoms with Crippen molar-refractivity contribution >= 4 is 33.0 Å². The minimum atomic E-state index is -3.69. The van der Waals surface area contributed by atoms with Gasteiger partial charge in [0.2, 0.25) is 0 Å². The van der Waals surface area contributed by atoms with Gasteiger partial charge in [0.25, 0.3) is 15.9 Å². The first-order chi connectivity index (χ1) is 11.6. The first-order valence-corrected chi connectivity index (χ1v) is 9.98. The number of sulfonamides is 1. The monoisotopic (exact) mass is 366 g/mol. The van der Waals surface area contributed by atoms with E-state index < -0.39 is 10.0 Å². The van der Waals surface area contributed by atoms with Crippen molar-refractivity contribution in [1.82, 2.24) is 5.32 Å². The van der Waals surface area contributed by atoms with Crippen molar-refractivity contribution in [3.63, 3.8) is 0 Å². The Morgan fingerprint density at radius 1 is 1.25 bits per heavy atom. The van der Waals surface area contributed by atoms with Crippen molar-refractivity contribution in [2.45, 2.75) is 23.2 Å². The third kappa shape index (κ3) is 3.95. The molecule has 128 valence electrons. The maximum atomic E-state index is 12.4. The SMILES string of the molecule is O=C(NC[C@@H]1CCCO1)c1ccccc1NS(=O)(=O)c1cccs1. The van der Waals surface area contributed by atoms with E-state index in [0.29, 0.717) is 6.54 Å². The smallest absolute Gasteiger partial charge is 0.271 e. The highest BCUT2D eigenvalue weighted by atomic mass is 32.2. The Hall–Kier alpha value is -1.90. The molecule has 1 aromatic heterocycles. The van der Waals surface area contributed by atoms with E-state index in [4.69, 9.17) is 4.74 Å². The van der Waals surface area contributed by atoms with Crippen LogP contribution in [0.4, 0.5) is 5.69 Å². The Morgan fingerprint density at radius 3 is 2.79 bits per heavy atom. The number of ether oxygens (including phenoxy) is 1. The Morgan fingerprint density at radius 2 is 2.08 bits per heavy atom. The molecule has 0 aliphatic carbocycles. The van der Waals surface area contributed by atoms with Crippen molar-refractivity contribution in [3.8, 4) is 0 Å². The van der Waals surface area contributed by atoms with Crippen molar-refractivity contribution in [1.29, 1.82) is 0 Å². The fourth-order valence-electron chi connectivity index (χ4n) is 2.49. The predicted molar refractivity (Wildman–Crippen MR) is 92.9 cm³/mol. The van der Waals surface area contributed by atoms with Crippen LogP contribution in [0.15, 0.2) is 46.0 Å². The predicted octanol–water partition coefficient (Wildman–Crippen LogP) is 2.46. The third-order valence-electron chi connectivity index (χ3n) is 3.69. The van der Waals surface area contributed by atoms with Crippen molar-refractivity contribution in [2.24, 2.45) is 0 Å². The molecule has 24 heavy (non-hydrogen) atoms. The standard InChI is InChI=1S/C16H18N2O4S2/c19-16(17-11-12-5-3-9-22-12)13-6-1-2-7-14(13)18-24(20,21)15-8-4-10-23-15/h1-2,4,6-8,10,12,18H,3,5,9,11H2,(H,17,19)/t12-/m0/s1. The van der Waals surface area contributed by atoms with Gasteiger partial charge in [-0.15, -0.1) is 11.3 Å². The maximum absolute atomic E-state index is 12.4. The number of para-hydroxylation sites is 1. The van der Waals surface area contributed by atoms with Gasteiger partial charge < -0.3 is 10.1 Å². The molecule has 0 radical (unpaired) electrons. The van der Waals surface area contributed by atoms with Crippen molar-refractivity contribution in [2.75, 3.05) is 17.9 Å². The highest BCUT2D eigenvalue weighted by molar-refractivity contribution is 7.94. The van der Waals surface area contributed by atoms with E-state index in [-0.39, 0.29) is 27.5 Å². The minimum Gasteiger partial charge on any atom is -0.376 e. The molecule has 2 aromatic rings. The van der Waals surface area contributed by atoms with Gasteiger partial charge in [-0.05, 0) is 36.4 Å². The summed E-state index contributed by atoms with van der Waals surface area (Å²) in [6.07, 6.45) is 1.95. The highest BCUT2D eigenvalue weighted by Gasteiger charge is 2.21. The number of carbonyl (C=O) groups is 1. The zero-order chi connectivity index (χ0) is 17.0. The van der Waals surface area contributed by atoms with E-state index in [1.54, 1.807) is 35.7 Å². The highest BCUT2D eigenvalue weighted by Crippen LogP contribution is 2.23. The maximum Gasteiger partial charge on any atom is 0.271 e. The summed E-state index contributed by atoms with van der Waals surface area (Å²) in [5.74, 6) is -0.324. The molecule has 1 saturated heterocycles. The van der Waals surface area contributed by atoms with Gasteiger partial charge in [0.1, 0.15) is 4.21 Å². The molecule has 0 spiro atoms. The Bertz CT molecular complexity index is 797. The quantitative estimate of drug-likeness (QED) is 0.822. The fourth-order valence-corrected chi connectivity index (χ4v) is 4.56. The van der Waals surface area contributed by atoms with Gasteiger partial charge in [-0.1, -0.05) is 18.2 Å². The molecule has 1 aliphatic heterocycles. The lowest BCUT2D eigenvalue weighted by molar-refractivity contribution is 0.0858. The van der Waals surface area contributed by atoms with Crippen LogP contribution in [-0.2, 0) is 14.8 Å². The summed E-state index contributed by atoms with van der Waals surface area (Å²) in [6, 6.07) is 9.74. The van der Waals surface area contributed by atoms with Crippen LogP contribution in [0, 0.1) is 0 Å². The molecule has 6 nitrogen and oxygen atoms in total. The van der Waals surface area contributed by atoms with Gasteiger partial charge in [-0.2, -0.15) is 0 Å². The average Bonchev–Trinajstić information content (AvgIpc) is 3.26. The molecule has 0 saturated carbocycles. The van der Waals surface area contributed by atoms with Crippen LogP contribution in [0.2, 0.25) is 0 Å². The lowest BCUT2D eigenvalue weighted by Crippen LogP contribution is -2.32. The van der Waals surface area contributed by atoms with Crippen LogP contribution in [0.5, 0.6) is 0 Å². The second kappa shape index (κ2) is 7.33. The Balaban J connectivity index is 1.74. The summed E-state index contributed by atoms with van der Waals surface area (Å²) in [6.45, 7) is 1.14. The number of carbonyl (C=O) groups excluding carboxylic acids is 1. The molecule has 1 amide bonds. The minimum absolute atomic E-state index is 0.0314. The molecule has 3 rings (SSSR count). The van der Waals surface area contributed by atoms with Gasteiger partial charge in [0.15, 0.2) is 0 Å². The largest absolute Gasteiger partial charge is 0.376 e. The van der Waals surface area contributed by atoms with Gasteiger partial charge in [-0.3, -0.25) is 9.52 Å². The molecule has 0 unspecified atom stereocenters. The molecule has 1 aliphatic rings.